The van der Waals surface area contributed by atoms with Gasteiger partial charge in [-0.05, 0) is 33.6 Å². The molecule has 1 fully saturated rings. The number of carbonyl (C=O) groups is 3. The van der Waals surface area contributed by atoms with Gasteiger partial charge in [0.1, 0.15) is 11.3 Å². The molecule has 18 heavy (non-hydrogen) atoms. The van der Waals surface area contributed by atoms with E-state index in [9.17, 15) is 14.4 Å². The fraction of sp³-hybridized carbons (Fsp3) is 0.769. The van der Waals surface area contributed by atoms with E-state index in [0.717, 1.165) is 0 Å². The zero-order valence-electron chi connectivity index (χ0n) is 11.2. The maximum atomic E-state index is 12.3. The molecule has 0 aliphatic heterocycles. The lowest BCUT2D eigenvalue weighted by atomic mass is 9.69. The summed E-state index contributed by atoms with van der Waals surface area (Å²) in [6.07, 6.45) is 1.53. The Kier molecular flexibility index (Phi) is 4.87. The van der Waals surface area contributed by atoms with Crippen LogP contribution in [0.4, 0.5) is 0 Å². The molecule has 0 spiro atoms. The summed E-state index contributed by atoms with van der Waals surface area (Å²) >= 11 is 0. The molecule has 0 amide bonds. The minimum Gasteiger partial charge on any atom is -0.465 e. The lowest BCUT2D eigenvalue weighted by Crippen LogP contribution is -2.47. The Labute approximate surface area is 107 Å². The number of hydrogen-bond acceptors (Lipinski definition) is 5. The van der Waals surface area contributed by atoms with Crippen LogP contribution in [-0.2, 0) is 23.9 Å². The Bertz CT molecular complexity index is 349. The molecule has 0 aromatic rings. The van der Waals surface area contributed by atoms with Crippen LogP contribution in [0.15, 0.2) is 0 Å². The van der Waals surface area contributed by atoms with Crippen molar-refractivity contribution in [2.24, 2.45) is 11.3 Å². The zero-order chi connectivity index (χ0) is 13.8. The summed E-state index contributed by atoms with van der Waals surface area (Å²) < 4.78 is 9.80. The van der Waals surface area contributed by atoms with Crippen LogP contribution < -0.4 is 0 Å². The van der Waals surface area contributed by atoms with Gasteiger partial charge in [0.05, 0.1) is 13.2 Å². The summed E-state index contributed by atoms with van der Waals surface area (Å²) in [5, 5.41) is 0. The second-order valence-corrected chi connectivity index (χ2v) is 4.61. The standard InChI is InChI=1S/C13H20O5/c1-4-17-11(15)9-7-6-8-13(3,10(9)14)12(16)18-5-2/h9H,4-8H2,1-3H3. The summed E-state index contributed by atoms with van der Waals surface area (Å²) in [4.78, 5) is 35.8. The van der Waals surface area contributed by atoms with Gasteiger partial charge in [-0.15, -0.1) is 0 Å². The minimum atomic E-state index is -1.20. The van der Waals surface area contributed by atoms with Crippen molar-refractivity contribution in [2.45, 2.75) is 40.0 Å². The summed E-state index contributed by atoms with van der Waals surface area (Å²) in [6, 6.07) is 0. The van der Waals surface area contributed by atoms with E-state index in [2.05, 4.69) is 0 Å². The number of ether oxygens (including phenoxy) is 2. The molecule has 2 unspecified atom stereocenters. The van der Waals surface area contributed by atoms with Gasteiger partial charge in [0.25, 0.3) is 0 Å². The van der Waals surface area contributed by atoms with Crippen LogP contribution in [0.5, 0.6) is 0 Å². The molecule has 0 saturated heterocycles. The molecule has 0 bridgehead atoms. The van der Waals surface area contributed by atoms with Crippen molar-refractivity contribution < 1.29 is 23.9 Å². The molecule has 2 atom stereocenters. The first-order valence-corrected chi connectivity index (χ1v) is 6.35. The van der Waals surface area contributed by atoms with Crippen LogP contribution >= 0.6 is 0 Å². The Morgan fingerprint density at radius 3 is 2.44 bits per heavy atom. The molecule has 1 saturated carbocycles. The number of esters is 2. The number of ketones is 1. The first kappa shape index (κ1) is 14.7. The molecule has 0 radical (unpaired) electrons. The van der Waals surface area contributed by atoms with Crippen LogP contribution in [0.2, 0.25) is 0 Å². The van der Waals surface area contributed by atoms with E-state index in [0.29, 0.717) is 19.3 Å². The Hall–Kier alpha value is -1.39. The summed E-state index contributed by atoms with van der Waals surface area (Å²) in [7, 11) is 0. The van der Waals surface area contributed by atoms with Gasteiger partial charge in [-0.3, -0.25) is 14.4 Å². The van der Waals surface area contributed by atoms with Gasteiger partial charge in [-0.2, -0.15) is 0 Å². The Morgan fingerprint density at radius 1 is 1.28 bits per heavy atom. The van der Waals surface area contributed by atoms with Gasteiger partial charge in [-0.25, -0.2) is 0 Å². The summed E-state index contributed by atoms with van der Waals surface area (Å²) in [5.41, 5.74) is -1.20. The monoisotopic (exact) mass is 256 g/mol. The van der Waals surface area contributed by atoms with Crippen LogP contribution in [0.3, 0.4) is 0 Å². The highest BCUT2D eigenvalue weighted by molar-refractivity contribution is 6.11. The van der Waals surface area contributed by atoms with Crippen molar-refractivity contribution in [1.82, 2.24) is 0 Å². The van der Waals surface area contributed by atoms with Crippen LogP contribution in [0.1, 0.15) is 40.0 Å². The zero-order valence-corrected chi connectivity index (χ0v) is 11.2. The third-order valence-corrected chi connectivity index (χ3v) is 3.33. The van der Waals surface area contributed by atoms with Crippen LogP contribution in [0.25, 0.3) is 0 Å². The summed E-state index contributed by atoms with van der Waals surface area (Å²) in [6.45, 7) is 5.40. The predicted molar refractivity (Wildman–Crippen MR) is 63.7 cm³/mol. The minimum absolute atomic E-state index is 0.228. The van der Waals surface area contributed by atoms with Crippen molar-refractivity contribution in [2.75, 3.05) is 13.2 Å². The molecular formula is C13H20O5. The second kappa shape index (κ2) is 5.98. The van der Waals surface area contributed by atoms with E-state index in [-0.39, 0.29) is 19.0 Å². The average molecular weight is 256 g/mol. The fourth-order valence-corrected chi connectivity index (χ4v) is 2.26. The van der Waals surface area contributed by atoms with Gasteiger partial charge in [0.15, 0.2) is 5.78 Å². The SMILES string of the molecule is CCOC(=O)C1CCCC(C)(C(=O)OCC)C1=O. The molecule has 5 heteroatoms. The number of hydrogen-bond donors (Lipinski definition) is 0. The smallest absolute Gasteiger partial charge is 0.319 e. The highest BCUT2D eigenvalue weighted by Gasteiger charge is 2.50. The molecule has 1 rings (SSSR count). The molecule has 1 aliphatic carbocycles. The quantitative estimate of drug-likeness (QED) is 0.563. The van der Waals surface area contributed by atoms with Crippen molar-refractivity contribution in [3.63, 3.8) is 0 Å². The third-order valence-electron chi connectivity index (χ3n) is 3.33. The fourth-order valence-electron chi connectivity index (χ4n) is 2.26. The number of carbonyl (C=O) groups excluding carboxylic acids is 3. The highest BCUT2D eigenvalue weighted by atomic mass is 16.5. The Balaban J connectivity index is 2.86. The maximum absolute atomic E-state index is 12.3. The van der Waals surface area contributed by atoms with Gasteiger partial charge >= 0.3 is 11.9 Å². The van der Waals surface area contributed by atoms with E-state index in [1.54, 1.807) is 20.8 Å². The van der Waals surface area contributed by atoms with Crippen molar-refractivity contribution in [1.29, 1.82) is 0 Å². The van der Waals surface area contributed by atoms with Gasteiger partial charge < -0.3 is 9.47 Å². The van der Waals surface area contributed by atoms with Gasteiger partial charge in [0, 0.05) is 0 Å². The normalized spacial score (nSPS) is 27.7. The maximum Gasteiger partial charge on any atom is 0.319 e. The molecule has 1 aliphatic rings. The van der Waals surface area contributed by atoms with E-state index in [1.807, 2.05) is 0 Å². The third kappa shape index (κ3) is 2.71. The molecule has 0 aromatic carbocycles. The predicted octanol–water partition coefficient (Wildman–Crippen LogP) is 1.49. The van der Waals surface area contributed by atoms with E-state index < -0.39 is 23.3 Å². The molecule has 102 valence electrons. The highest BCUT2D eigenvalue weighted by Crippen LogP contribution is 2.37. The van der Waals surface area contributed by atoms with Crippen LogP contribution in [0, 0.1) is 11.3 Å². The second-order valence-electron chi connectivity index (χ2n) is 4.61. The lowest BCUT2D eigenvalue weighted by molar-refractivity contribution is -0.166. The average Bonchev–Trinajstić information content (AvgIpc) is 2.33. The van der Waals surface area contributed by atoms with Gasteiger partial charge in [-0.1, -0.05) is 6.42 Å². The first-order chi connectivity index (χ1) is 8.47. The molecular weight excluding hydrogens is 236 g/mol. The van der Waals surface area contributed by atoms with Crippen molar-refractivity contribution in [3.8, 4) is 0 Å². The number of Topliss-reactive ketones (excluding diaryl/α,β-unsaturated/α-hetero) is 1. The largest absolute Gasteiger partial charge is 0.465 e. The van der Waals surface area contributed by atoms with E-state index in [1.165, 1.54) is 0 Å². The molecule has 0 heterocycles. The molecule has 0 aromatic heterocycles. The van der Waals surface area contributed by atoms with Crippen molar-refractivity contribution in [3.05, 3.63) is 0 Å². The summed E-state index contributed by atoms with van der Waals surface area (Å²) in [5.74, 6) is -2.26. The first-order valence-electron chi connectivity index (χ1n) is 6.35. The van der Waals surface area contributed by atoms with Crippen LogP contribution in [-0.4, -0.2) is 30.9 Å². The van der Waals surface area contributed by atoms with Gasteiger partial charge in [0.2, 0.25) is 0 Å². The lowest BCUT2D eigenvalue weighted by Gasteiger charge is -2.33. The molecule has 5 nitrogen and oxygen atoms in total. The topological polar surface area (TPSA) is 69.7 Å². The molecule has 0 N–H and O–H groups in total. The van der Waals surface area contributed by atoms with Crippen molar-refractivity contribution >= 4 is 17.7 Å². The van der Waals surface area contributed by atoms with E-state index >= 15 is 0 Å². The number of rotatable bonds is 4. The van der Waals surface area contributed by atoms with E-state index in [4.69, 9.17) is 9.47 Å². The Morgan fingerprint density at radius 2 is 1.89 bits per heavy atom.